The first-order chi connectivity index (χ1) is 19.2. The molecular formula is C32H37ClF2N2O4. The molecule has 2 aromatic carbocycles. The van der Waals surface area contributed by atoms with Gasteiger partial charge in [0.2, 0.25) is 0 Å². The zero-order valence-corrected chi connectivity index (χ0v) is 24.7. The predicted molar refractivity (Wildman–Crippen MR) is 157 cm³/mol. The highest BCUT2D eigenvalue weighted by molar-refractivity contribution is 5.90. The molecule has 6 nitrogen and oxygen atoms in total. The Balaban J connectivity index is 0.00000387. The van der Waals surface area contributed by atoms with Gasteiger partial charge in [-0.15, -0.1) is 12.4 Å². The Morgan fingerprint density at radius 3 is 2.29 bits per heavy atom. The summed E-state index contributed by atoms with van der Waals surface area (Å²) in [6, 6.07) is 9.73. The van der Waals surface area contributed by atoms with Gasteiger partial charge < -0.3 is 14.0 Å². The fourth-order valence-electron chi connectivity index (χ4n) is 5.69. The van der Waals surface area contributed by atoms with Gasteiger partial charge in [-0.25, -0.2) is 13.6 Å². The smallest absolute Gasteiger partial charge is 0.338 e. The van der Waals surface area contributed by atoms with Crippen LogP contribution >= 0.6 is 12.4 Å². The molecule has 1 saturated heterocycles. The van der Waals surface area contributed by atoms with E-state index in [2.05, 4.69) is 11.0 Å². The lowest BCUT2D eigenvalue weighted by molar-refractivity contribution is 0.0599. The molecule has 0 atom stereocenters. The number of hydrogen-bond donors (Lipinski definition) is 0. The Kier molecular flexibility index (Phi) is 9.55. The van der Waals surface area contributed by atoms with Gasteiger partial charge in [0.05, 0.1) is 18.8 Å². The fourth-order valence-corrected chi connectivity index (χ4v) is 5.69. The van der Waals surface area contributed by atoms with E-state index in [1.807, 2.05) is 13.8 Å². The zero-order valence-electron chi connectivity index (χ0n) is 23.9. The number of benzene rings is 2. The molecule has 1 saturated carbocycles. The molecule has 0 amide bonds. The highest BCUT2D eigenvalue weighted by Gasteiger charge is 2.32. The van der Waals surface area contributed by atoms with Crippen molar-refractivity contribution in [3.8, 4) is 16.9 Å². The van der Waals surface area contributed by atoms with Crippen LogP contribution in [0.2, 0.25) is 0 Å². The molecule has 41 heavy (non-hydrogen) atoms. The number of piperidine rings is 1. The van der Waals surface area contributed by atoms with Crippen LogP contribution in [0.5, 0.6) is 5.75 Å². The first-order valence-corrected chi connectivity index (χ1v) is 14.0. The monoisotopic (exact) mass is 586 g/mol. The molecule has 0 radical (unpaired) electrons. The van der Waals surface area contributed by atoms with E-state index < -0.39 is 5.97 Å². The maximum Gasteiger partial charge on any atom is 0.338 e. The molecule has 220 valence electrons. The van der Waals surface area contributed by atoms with Crippen molar-refractivity contribution in [1.29, 1.82) is 0 Å². The van der Waals surface area contributed by atoms with Gasteiger partial charge in [0.15, 0.2) is 11.6 Å². The number of ether oxygens (including phenoxy) is 2. The van der Waals surface area contributed by atoms with E-state index in [1.54, 1.807) is 35.9 Å². The van der Waals surface area contributed by atoms with Gasteiger partial charge in [0, 0.05) is 48.6 Å². The summed E-state index contributed by atoms with van der Waals surface area (Å²) < 4.78 is 42.5. The Morgan fingerprint density at radius 2 is 1.71 bits per heavy atom. The molecule has 2 fully saturated rings. The second-order valence-corrected chi connectivity index (χ2v) is 11.2. The minimum absolute atomic E-state index is 0. The van der Waals surface area contributed by atoms with Crippen molar-refractivity contribution in [2.75, 3.05) is 20.2 Å². The van der Waals surface area contributed by atoms with Crippen LogP contribution < -0.4 is 10.3 Å². The Morgan fingerprint density at radius 1 is 1.05 bits per heavy atom. The van der Waals surface area contributed by atoms with E-state index >= 15 is 4.39 Å². The predicted octanol–water partition coefficient (Wildman–Crippen LogP) is 6.81. The number of aromatic nitrogens is 1. The number of carbonyl (C=O) groups excluding carboxylic acids is 1. The van der Waals surface area contributed by atoms with Crippen molar-refractivity contribution in [3.63, 3.8) is 0 Å². The molecule has 9 heteroatoms. The number of rotatable bonds is 8. The number of pyridine rings is 1. The lowest BCUT2D eigenvalue weighted by atomic mass is 9.92. The number of nitrogens with zero attached hydrogens (tertiary/aromatic N) is 2. The highest BCUT2D eigenvalue weighted by atomic mass is 35.5. The molecule has 5 rings (SSSR count). The summed E-state index contributed by atoms with van der Waals surface area (Å²) in [6.07, 6.45) is 4.99. The third kappa shape index (κ3) is 6.49. The quantitative estimate of drug-likeness (QED) is 0.271. The third-order valence-electron chi connectivity index (χ3n) is 7.94. The second-order valence-electron chi connectivity index (χ2n) is 11.2. The Hall–Kier alpha value is -3.23. The minimum atomic E-state index is -0.515. The van der Waals surface area contributed by atoms with E-state index in [1.165, 1.54) is 19.2 Å². The van der Waals surface area contributed by atoms with Crippen LogP contribution in [-0.4, -0.2) is 41.7 Å². The van der Waals surface area contributed by atoms with Crippen LogP contribution in [0.4, 0.5) is 8.78 Å². The van der Waals surface area contributed by atoms with Crippen molar-refractivity contribution < 1.29 is 23.0 Å². The van der Waals surface area contributed by atoms with E-state index in [4.69, 9.17) is 9.47 Å². The number of hydrogen-bond acceptors (Lipinski definition) is 5. The summed E-state index contributed by atoms with van der Waals surface area (Å²) in [5, 5.41) is 0. The van der Waals surface area contributed by atoms with Crippen molar-refractivity contribution in [2.24, 2.45) is 0 Å². The van der Waals surface area contributed by atoms with Gasteiger partial charge in [-0.3, -0.25) is 9.69 Å². The van der Waals surface area contributed by atoms with Gasteiger partial charge in [-0.1, -0.05) is 12.1 Å². The summed E-state index contributed by atoms with van der Waals surface area (Å²) in [7, 11) is 1.30. The lowest BCUT2D eigenvalue weighted by Crippen LogP contribution is -2.38. The van der Waals surface area contributed by atoms with Gasteiger partial charge in [0.1, 0.15) is 5.82 Å². The van der Waals surface area contributed by atoms with Crippen LogP contribution in [0.1, 0.15) is 78.5 Å². The average molecular weight is 587 g/mol. The number of halogens is 3. The molecule has 0 unspecified atom stereocenters. The number of methoxy groups -OCH3 is 1. The van der Waals surface area contributed by atoms with E-state index in [0.29, 0.717) is 23.2 Å². The highest BCUT2D eigenvalue weighted by Crippen LogP contribution is 2.48. The molecule has 0 bridgehead atoms. The first kappa shape index (κ1) is 30.7. The summed E-state index contributed by atoms with van der Waals surface area (Å²) in [6.45, 7) is 7.41. The molecule has 2 aliphatic rings. The van der Waals surface area contributed by atoms with Crippen LogP contribution in [0, 0.1) is 18.6 Å². The number of carbonyl (C=O) groups is 1. The van der Waals surface area contributed by atoms with Gasteiger partial charge in [0.25, 0.3) is 5.56 Å². The Bertz CT molecular complexity index is 1460. The fraction of sp³-hybridized carbons (Fsp3) is 0.438. The molecule has 2 heterocycles. The maximum atomic E-state index is 16.3. The molecule has 1 aromatic heterocycles. The number of likely N-dealkylation sites (tertiary alicyclic amines) is 1. The SMILES string of the molecule is COC(=O)c1ccn(C2CCN(Cc3cc(C4CC4)c(-c4ccc(F)cc4)c(F)c3OC(C)C)CC2)c(=O)c1C.Cl. The maximum absolute atomic E-state index is 16.3. The average Bonchev–Trinajstić information content (AvgIpc) is 3.78. The molecule has 0 spiro atoms. The van der Waals surface area contributed by atoms with Gasteiger partial charge >= 0.3 is 5.97 Å². The van der Waals surface area contributed by atoms with E-state index in [9.17, 15) is 14.0 Å². The minimum Gasteiger partial charge on any atom is -0.488 e. The van der Waals surface area contributed by atoms with Gasteiger partial charge in [-0.05, 0) is 87.8 Å². The lowest BCUT2D eigenvalue weighted by Gasteiger charge is -2.34. The first-order valence-electron chi connectivity index (χ1n) is 14.0. The van der Waals surface area contributed by atoms with Crippen molar-refractivity contribution in [3.05, 3.63) is 86.8 Å². The molecule has 3 aromatic rings. The molecule has 1 aliphatic heterocycles. The van der Waals surface area contributed by atoms with Crippen molar-refractivity contribution in [2.45, 2.75) is 71.1 Å². The van der Waals surface area contributed by atoms with E-state index in [-0.39, 0.29) is 59.0 Å². The summed E-state index contributed by atoms with van der Waals surface area (Å²) >= 11 is 0. The summed E-state index contributed by atoms with van der Waals surface area (Å²) in [5.74, 6) is -0.713. The second kappa shape index (κ2) is 12.7. The number of esters is 1. The van der Waals surface area contributed by atoms with Crippen molar-refractivity contribution in [1.82, 2.24) is 9.47 Å². The van der Waals surface area contributed by atoms with Crippen molar-refractivity contribution >= 4 is 18.4 Å². The van der Waals surface area contributed by atoms with Crippen LogP contribution in [0.3, 0.4) is 0 Å². The van der Waals surface area contributed by atoms with Crippen LogP contribution in [0.15, 0.2) is 47.4 Å². The van der Waals surface area contributed by atoms with E-state index in [0.717, 1.165) is 49.9 Å². The Labute approximate surface area is 245 Å². The summed E-state index contributed by atoms with van der Waals surface area (Å²) in [4.78, 5) is 27.2. The normalized spacial score (nSPS) is 16.0. The molecule has 1 aliphatic carbocycles. The summed E-state index contributed by atoms with van der Waals surface area (Å²) in [5.41, 5.74) is 3.42. The van der Waals surface area contributed by atoms with Gasteiger partial charge in [-0.2, -0.15) is 0 Å². The topological polar surface area (TPSA) is 60.8 Å². The zero-order chi connectivity index (χ0) is 28.6. The molecule has 0 N–H and O–H groups in total. The standard InChI is InChI=1S/C32H36F2N2O4.ClH/c1-19(2)40-30-23(17-27(21-5-6-21)28(29(30)34)22-7-9-24(33)10-8-22)18-35-14-11-25(12-15-35)36-16-13-26(32(38)39-4)20(3)31(36)37;/h7-10,13,16-17,19,21,25H,5-6,11-12,14-15,18H2,1-4H3;1H. The third-order valence-corrected chi connectivity index (χ3v) is 7.94. The molecular weight excluding hydrogens is 550 g/mol. The largest absolute Gasteiger partial charge is 0.488 e. The van der Waals surface area contributed by atoms with Crippen LogP contribution in [0.25, 0.3) is 11.1 Å². The van der Waals surface area contributed by atoms with Crippen LogP contribution in [-0.2, 0) is 11.3 Å².